The van der Waals surface area contributed by atoms with Crippen LogP contribution in [-0.4, -0.2) is 0 Å². The molecule has 2 atom stereocenters. The Balaban J connectivity index is 1.09. The van der Waals surface area contributed by atoms with E-state index >= 15 is 17.6 Å². The molecule has 0 radical (unpaired) electrons. The molecule has 2 aliphatic rings. The number of benzene rings is 11. The highest BCUT2D eigenvalue weighted by molar-refractivity contribution is 5.93. The molecule has 0 N–H and O–H groups in total. The van der Waals surface area contributed by atoms with Crippen molar-refractivity contribution in [1.29, 1.82) is 0 Å². The van der Waals surface area contributed by atoms with Crippen molar-refractivity contribution in [2.75, 3.05) is 4.90 Å². The van der Waals surface area contributed by atoms with Crippen molar-refractivity contribution >= 4 is 29.2 Å². The van der Waals surface area contributed by atoms with Crippen molar-refractivity contribution in [1.82, 2.24) is 0 Å². The maximum Gasteiger partial charge on any atom is 0.159 e. The summed E-state index contributed by atoms with van der Waals surface area (Å²) in [4.78, 5) is 2.24. The zero-order chi connectivity index (χ0) is 52.4. The Morgan fingerprint density at radius 1 is 0.286 bits per heavy atom. The highest BCUT2D eigenvalue weighted by Gasteiger charge is 2.49. The molecule has 368 valence electrons. The lowest BCUT2D eigenvalue weighted by Gasteiger charge is -2.36. The molecule has 0 spiro atoms. The SMILES string of the molecule is C=Cc1ccc(C2(c3ccc(F)c(F)c3)c3ccccc3-c3ccc(N(c4cccc(-c5cccc(-c6ccccc6)c5)c4)c4ccc5c(c4)C(c4ccc(C=C)cc4)(c4ccc(F)c(F)c4)c4ccccc4-5)cc32)cc1. The van der Waals surface area contributed by atoms with Crippen LogP contribution in [0, 0.1) is 23.3 Å². The summed E-state index contributed by atoms with van der Waals surface area (Å²) in [7, 11) is 0. The number of hydrogen-bond donors (Lipinski definition) is 0. The van der Waals surface area contributed by atoms with E-state index in [2.05, 4.69) is 164 Å². The summed E-state index contributed by atoms with van der Waals surface area (Å²) in [6.45, 7) is 8.04. The van der Waals surface area contributed by atoms with E-state index in [9.17, 15) is 0 Å². The van der Waals surface area contributed by atoms with E-state index in [-0.39, 0.29) is 0 Å². The third-order valence-electron chi connectivity index (χ3n) is 15.8. The maximum absolute atomic E-state index is 15.9. The first kappa shape index (κ1) is 47.2. The van der Waals surface area contributed by atoms with Crippen molar-refractivity contribution in [3.63, 3.8) is 0 Å². The van der Waals surface area contributed by atoms with Crippen molar-refractivity contribution < 1.29 is 17.6 Å². The molecule has 0 aromatic heterocycles. The first-order valence-electron chi connectivity index (χ1n) is 25.6. The lowest BCUT2D eigenvalue weighted by atomic mass is 9.67. The topological polar surface area (TPSA) is 3.24 Å². The second-order valence-corrected chi connectivity index (χ2v) is 19.8. The van der Waals surface area contributed by atoms with Gasteiger partial charge in [-0.1, -0.05) is 207 Å². The monoisotopic (exact) mass is 1000 g/mol. The molecule has 0 saturated heterocycles. The van der Waals surface area contributed by atoms with Gasteiger partial charge in [-0.05, 0) is 167 Å². The molecular formula is C72H47F4N. The van der Waals surface area contributed by atoms with Gasteiger partial charge in [0.05, 0.1) is 10.8 Å². The zero-order valence-corrected chi connectivity index (χ0v) is 41.7. The van der Waals surface area contributed by atoms with Gasteiger partial charge < -0.3 is 4.90 Å². The van der Waals surface area contributed by atoms with Crippen molar-refractivity contribution in [2.24, 2.45) is 0 Å². The van der Waals surface area contributed by atoms with Crippen LogP contribution in [0.4, 0.5) is 34.6 Å². The van der Waals surface area contributed by atoms with Crippen LogP contribution in [-0.2, 0) is 10.8 Å². The molecule has 11 aromatic carbocycles. The second-order valence-electron chi connectivity index (χ2n) is 19.8. The van der Waals surface area contributed by atoms with Gasteiger partial charge in [0.1, 0.15) is 0 Å². The first-order chi connectivity index (χ1) is 37.7. The number of fused-ring (bicyclic) bond motifs is 6. The number of halogens is 4. The number of rotatable bonds is 11. The number of nitrogens with zero attached hydrogens (tertiary/aromatic N) is 1. The molecule has 2 aliphatic carbocycles. The summed E-state index contributed by atoms with van der Waals surface area (Å²) in [6.07, 6.45) is 3.58. The van der Waals surface area contributed by atoms with Crippen LogP contribution in [0.5, 0.6) is 0 Å². The molecule has 0 amide bonds. The molecule has 0 heterocycles. The van der Waals surface area contributed by atoms with Crippen LogP contribution in [0.1, 0.15) is 55.6 Å². The van der Waals surface area contributed by atoms with Gasteiger partial charge in [-0.25, -0.2) is 17.6 Å². The smallest absolute Gasteiger partial charge is 0.159 e. The van der Waals surface area contributed by atoms with E-state index in [4.69, 9.17) is 0 Å². The van der Waals surface area contributed by atoms with Gasteiger partial charge in [0.25, 0.3) is 0 Å². The van der Waals surface area contributed by atoms with Gasteiger partial charge in [0, 0.05) is 17.1 Å². The molecule has 0 bridgehead atoms. The van der Waals surface area contributed by atoms with Crippen molar-refractivity contribution in [3.05, 3.63) is 341 Å². The molecule has 0 aliphatic heterocycles. The van der Waals surface area contributed by atoms with Crippen LogP contribution >= 0.6 is 0 Å². The molecule has 5 heteroatoms. The Morgan fingerprint density at radius 3 is 1.16 bits per heavy atom. The molecule has 0 saturated carbocycles. The van der Waals surface area contributed by atoms with Gasteiger partial charge in [-0.3, -0.25) is 0 Å². The Bertz CT molecular complexity index is 3940. The van der Waals surface area contributed by atoms with E-state index in [0.717, 1.165) is 106 Å². The van der Waals surface area contributed by atoms with Crippen LogP contribution in [0.3, 0.4) is 0 Å². The zero-order valence-electron chi connectivity index (χ0n) is 41.7. The predicted octanol–water partition coefficient (Wildman–Crippen LogP) is 19.1. The van der Waals surface area contributed by atoms with Gasteiger partial charge in [0.15, 0.2) is 23.3 Å². The number of hydrogen-bond acceptors (Lipinski definition) is 1. The van der Waals surface area contributed by atoms with Crippen LogP contribution in [0.2, 0.25) is 0 Å². The molecule has 77 heavy (non-hydrogen) atoms. The fourth-order valence-corrected chi connectivity index (χ4v) is 12.4. The minimum Gasteiger partial charge on any atom is -0.310 e. The Hall–Kier alpha value is -9.58. The van der Waals surface area contributed by atoms with Crippen LogP contribution in [0.25, 0.3) is 56.7 Å². The first-order valence-corrected chi connectivity index (χ1v) is 25.6. The van der Waals surface area contributed by atoms with Crippen LogP contribution in [0.15, 0.2) is 262 Å². The Kier molecular flexibility index (Phi) is 11.4. The lowest BCUT2D eigenvalue weighted by molar-refractivity contribution is 0.505. The average molecular weight is 1000 g/mol. The van der Waals surface area contributed by atoms with Gasteiger partial charge in [-0.2, -0.15) is 0 Å². The Labute approximate surface area is 445 Å². The minimum absolute atomic E-state index is 0.576. The van der Waals surface area contributed by atoms with Gasteiger partial charge in [0.2, 0.25) is 0 Å². The van der Waals surface area contributed by atoms with E-state index in [1.807, 2.05) is 66.7 Å². The quantitative estimate of drug-likeness (QED) is 0.117. The Morgan fingerprint density at radius 2 is 0.675 bits per heavy atom. The summed E-state index contributed by atoms with van der Waals surface area (Å²) < 4.78 is 62.0. The van der Waals surface area contributed by atoms with E-state index in [1.165, 1.54) is 24.3 Å². The fourth-order valence-electron chi connectivity index (χ4n) is 12.4. The van der Waals surface area contributed by atoms with Crippen molar-refractivity contribution in [3.8, 4) is 44.5 Å². The van der Waals surface area contributed by atoms with E-state index in [0.29, 0.717) is 11.1 Å². The highest BCUT2D eigenvalue weighted by atomic mass is 19.2. The third-order valence-corrected chi connectivity index (χ3v) is 15.8. The predicted molar refractivity (Wildman–Crippen MR) is 307 cm³/mol. The highest BCUT2D eigenvalue weighted by Crippen LogP contribution is 2.60. The summed E-state index contributed by atoms with van der Waals surface area (Å²) in [5.74, 6) is -3.74. The molecule has 13 rings (SSSR count). The summed E-state index contributed by atoms with van der Waals surface area (Å²) in [5.41, 5.74) is 16.7. The normalized spacial score (nSPS) is 15.7. The average Bonchev–Trinajstić information content (AvgIpc) is 4.20. The minimum atomic E-state index is -1.10. The van der Waals surface area contributed by atoms with E-state index in [1.54, 1.807) is 24.3 Å². The molecule has 11 aromatic rings. The summed E-state index contributed by atoms with van der Waals surface area (Å²) in [6, 6.07) is 81.3. The summed E-state index contributed by atoms with van der Waals surface area (Å²) in [5, 5.41) is 0. The van der Waals surface area contributed by atoms with Gasteiger partial charge >= 0.3 is 0 Å². The largest absolute Gasteiger partial charge is 0.310 e. The lowest BCUT2D eigenvalue weighted by Crippen LogP contribution is -2.29. The standard InChI is InChI=1S/C72H47F4N/c1-3-46-24-28-52(29-25-46)71(54-32-38-67(73)69(75)42-54)63-22-10-8-20-59(63)61-36-34-57(44-65(61)71)77(56-19-13-18-51(41-56)50-17-12-16-49(40-50)48-14-6-5-7-15-48)58-35-37-62-60-21-9-11-23-64(60)72(66(62)45-58,53-30-26-47(4-2)27-31-53)55-33-39-68(74)70(76)43-55/h3-45H,1-2H2. The molecular weight excluding hydrogens is 955 g/mol. The molecule has 2 unspecified atom stereocenters. The third kappa shape index (κ3) is 7.44. The van der Waals surface area contributed by atoms with Crippen LogP contribution < -0.4 is 4.90 Å². The number of anilines is 3. The fraction of sp³-hybridized carbons (Fsp3) is 0.0278. The van der Waals surface area contributed by atoms with Crippen molar-refractivity contribution in [2.45, 2.75) is 10.8 Å². The summed E-state index contributed by atoms with van der Waals surface area (Å²) >= 11 is 0. The van der Waals surface area contributed by atoms with E-state index < -0.39 is 34.1 Å². The molecule has 1 nitrogen and oxygen atoms in total. The van der Waals surface area contributed by atoms with Gasteiger partial charge in [-0.15, -0.1) is 0 Å². The maximum atomic E-state index is 15.9. The molecule has 0 fully saturated rings. The second kappa shape index (κ2) is 18.7.